The molecule has 3 rings (SSSR count). The molecule has 0 aliphatic rings. The van der Waals surface area contributed by atoms with E-state index in [0.29, 0.717) is 21.8 Å². The number of benzene rings is 3. The van der Waals surface area contributed by atoms with Gasteiger partial charge in [-0.1, -0.05) is 84.4 Å². The molecule has 0 aliphatic heterocycles. The van der Waals surface area contributed by atoms with Gasteiger partial charge in [0.2, 0.25) is 5.78 Å². The molecule has 0 amide bonds. The Morgan fingerprint density at radius 3 is 1.93 bits per heavy atom. The molecule has 0 heterocycles. The molecule has 0 saturated carbocycles. The number of hydrazone groups is 1. The van der Waals surface area contributed by atoms with Crippen LogP contribution in [-0.2, 0) is 0 Å². The van der Waals surface area contributed by atoms with Crippen molar-refractivity contribution in [2.75, 3.05) is 5.43 Å². The van der Waals surface area contributed by atoms with E-state index >= 15 is 0 Å². The van der Waals surface area contributed by atoms with Crippen molar-refractivity contribution in [3.05, 3.63) is 107 Å². The number of Topliss-reactive ketones (excluding diaryl/α,β-unsaturated/α-hetero) is 1. The third-order valence-corrected chi connectivity index (χ3v) is 4.52. The maximum Gasteiger partial charge on any atom is 0.204 e. The largest absolute Gasteiger partial charge is 0.288 e. The highest BCUT2D eigenvalue weighted by Crippen LogP contribution is 2.25. The van der Waals surface area contributed by atoms with Crippen LogP contribution in [0.3, 0.4) is 0 Å². The average Bonchev–Trinajstić information content (AvgIpc) is 2.80. The van der Waals surface area contributed by atoms with Gasteiger partial charge >= 0.3 is 0 Å². The fourth-order valence-electron chi connectivity index (χ4n) is 2.76. The predicted molar refractivity (Wildman–Crippen MR) is 118 cm³/mol. The predicted octanol–water partition coefficient (Wildman–Crippen LogP) is 5.49. The van der Waals surface area contributed by atoms with Crippen LogP contribution < -0.4 is 5.43 Å². The molecular formula is C24H15ClN4O. The molecule has 3 aromatic carbocycles. The average molecular weight is 411 g/mol. The first-order valence-corrected chi connectivity index (χ1v) is 9.31. The van der Waals surface area contributed by atoms with Gasteiger partial charge in [-0.3, -0.25) is 10.2 Å². The summed E-state index contributed by atoms with van der Waals surface area (Å²) in [5.74, 6) is -0.488. The first kappa shape index (κ1) is 20.5. The van der Waals surface area contributed by atoms with Gasteiger partial charge in [0.05, 0.1) is 10.7 Å². The van der Waals surface area contributed by atoms with Gasteiger partial charge < -0.3 is 0 Å². The van der Waals surface area contributed by atoms with E-state index in [9.17, 15) is 15.3 Å². The number of nitrogens with one attached hydrogen (secondary N) is 1. The lowest BCUT2D eigenvalue weighted by molar-refractivity contribution is 0.104. The normalized spacial score (nSPS) is 11.6. The van der Waals surface area contributed by atoms with E-state index in [-0.39, 0.29) is 16.9 Å². The molecule has 0 saturated heterocycles. The molecule has 0 bridgehead atoms. The lowest BCUT2D eigenvalue weighted by Gasteiger charge is -2.10. The van der Waals surface area contributed by atoms with Crippen LogP contribution in [0.25, 0.3) is 5.57 Å². The first-order chi connectivity index (χ1) is 14.7. The number of carbonyl (C=O) groups is 1. The number of ketones is 1. The highest BCUT2D eigenvalue weighted by Gasteiger charge is 2.22. The molecule has 0 unspecified atom stereocenters. The van der Waals surface area contributed by atoms with Crippen molar-refractivity contribution in [2.24, 2.45) is 5.10 Å². The van der Waals surface area contributed by atoms with Gasteiger partial charge in [-0.15, -0.1) is 0 Å². The lowest BCUT2D eigenvalue weighted by atomic mass is 9.92. The van der Waals surface area contributed by atoms with E-state index in [1.165, 1.54) is 0 Å². The van der Waals surface area contributed by atoms with Gasteiger partial charge in [-0.05, 0) is 17.7 Å². The fourth-order valence-corrected chi connectivity index (χ4v) is 2.94. The van der Waals surface area contributed by atoms with E-state index in [4.69, 9.17) is 11.6 Å². The third kappa shape index (κ3) is 4.62. The molecule has 5 nitrogen and oxygen atoms in total. The smallest absolute Gasteiger partial charge is 0.204 e. The molecule has 0 aliphatic carbocycles. The fraction of sp³-hybridized carbons (Fsp3) is 0. The number of nitrogens with zero attached hydrogens (tertiary/aromatic N) is 3. The van der Waals surface area contributed by atoms with E-state index in [1.54, 1.807) is 84.9 Å². The minimum Gasteiger partial charge on any atom is -0.288 e. The second kappa shape index (κ2) is 9.84. The molecule has 3 aromatic rings. The Labute approximate surface area is 179 Å². The summed E-state index contributed by atoms with van der Waals surface area (Å²) in [7, 11) is 0. The Hall–Kier alpha value is -4.19. The number of nitriles is 2. The van der Waals surface area contributed by atoms with Crippen LogP contribution in [0.5, 0.6) is 0 Å². The van der Waals surface area contributed by atoms with Crippen LogP contribution >= 0.6 is 11.6 Å². The molecule has 0 atom stereocenters. The van der Waals surface area contributed by atoms with E-state index in [0.717, 1.165) is 0 Å². The van der Waals surface area contributed by atoms with Crippen molar-refractivity contribution in [2.45, 2.75) is 0 Å². The molecule has 1 N–H and O–H groups in total. The van der Waals surface area contributed by atoms with E-state index in [2.05, 4.69) is 10.5 Å². The van der Waals surface area contributed by atoms with Crippen molar-refractivity contribution >= 4 is 34.4 Å². The highest BCUT2D eigenvalue weighted by atomic mass is 35.5. The SMILES string of the molecule is N#CC(=N/Nc1ccccc1Cl)/C(=C(\C#N)C(=O)c1ccccc1)c1ccccc1. The van der Waals surface area contributed by atoms with Crippen molar-refractivity contribution in [1.29, 1.82) is 10.5 Å². The Morgan fingerprint density at radius 2 is 1.37 bits per heavy atom. The van der Waals surface area contributed by atoms with Gasteiger partial charge in [0, 0.05) is 11.1 Å². The molecule has 6 heteroatoms. The Morgan fingerprint density at radius 1 is 0.800 bits per heavy atom. The van der Waals surface area contributed by atoms with Crippen LogP contribution in [0.4, 0.5) is 5.69 Å². The molecule has 0 aromatic heterocycles. The summed E-state index contributed by atoms with van der Waals surface area (Å²) in [6, 6.07) is 28.1. The van der Waals surface area contributed by atoms with E-state index < -0.39 is 5.78 Å². The van der Waals surface area contributed by atoms with Gasteiger partial charge in [0.15, 0.2) is 5.71 Å². The summed E-state index contributed by atoms with van der Waals surface area (Å²) < 4.78 is 0. The Kier molecular flexibility index (Phi) is 6.74. The second-order valence-corrected chi connectivity index (χ2v) is 6.49. The van der Waals surface area contributed by atoms with Crippen molar-refractivity contribution in [3.63, 3.8) is 0 Å². The molecule has 30 heavy (non-hydrogen) atoms. The zero-order chi connectivity index (χ0) is 21.3. The van der Waals surface area contributed by atoms with Crippen LogP contribution in [0, 0.1) is 22.7 Å². The molecule has 0 spiro atoms. The van der Waals surface area contributed by atoms with Crippen LogP contribution in [0.2, 0.25) is 5.02 Å². The number of para-hydroxylation sites is 1. The van der Waals surface area contributed by atoms with Crippen LogP contribution in [0.1, 0.15) is 15.9 Å². The zero-order valence-corrected chi connectivity index (χ0v) is 16.5. The molecule has 144 valence electrons. The van der Waals surface area contributed by atoms with Gasteiger partial charge in [-0.2, -0.15) is 15.6 Å². The summed E-state index contributed by atoms with van der Waals surface area (Å²) in [5.41, 5.74) is 3.98. The van der Waals surface area contributed by atoms with E-state index in [1.807, 2.05) is 12.1 Å². The van der Waals surface area contributed by atoms with Crippen molar-refractivity contribution < 1.29 is 4.79 Å². The molecular weight excluding hydrogens is 396 g/mol. The topological polar surface area (TPSA) is 89.0 Å². The summed E-state index contributed by atoms with van der Waals surface area (Å²) in [5, 5.41) is 24.2. The lowest BCUT2D eigenvalue weighted by Crippen LogP contribution is -2.12. The number of hydrogen-bond acceptors (Lipinski definition) is 5. The van der Waals surface area contributed by atoms with Crippen LogP contribution in [-0.4, -0.2) is 11.5 Å². The minimum absolute atomic E-state index is 0.109. The molecule has 0 radical (unpaired) electrons. The highest BCUT2D eigenvalue weighted by molar-refractivity contribution is 6.37. The number of allylic oxidation sites excluding steroid dienone is 2. The third-order valence-electron chi connectivity index (χ3n) is 4.19. The monoisotopic (exact) mass is 410 g/mol. The van der Waals surface area contributed by atoms with Crippen LogP contribution in [0.15, 0.2) is 95.6 Å². The van der Waals surface area contributed by atoms with Gasteiger partial charge in [0.1, 0.15) is 17.7 Å². The standard InChI is InChI=1S/C24H15ClN4O/c25-20-13-7-8-14-21(20)28-29-22(16-27)23(17-9-3-1-4-10-17)19(15-26)24(30)18-11-5-2-6-12-18/h1-14,28H/b23-19+,29-22-. The maximum atomic E-state index is 13.1. The number of rotatable bonds is 6. The second-order valence-electron chi connectivity index (χ2n) is 6.09. The van der Waals surface area contributed by atoms with Gasteiger partial charge in [-0.25, -0.2) is 0 Å². The maximum absolute atomic E-state index is 13.1. The summed E-state index contributed by atoms with van der Waals surface area (Å²) in [6.07, 6.45) is 0. The Bertz CT molecular complexity index is 1200. The van der Waals surface area contributed by atoms with Crippen molar-refractivity contribution in [1.82, 2.24) is 0 Å². The zero-order valence-electron chi connectivity index (χ0n) is 15.7. The Balaban J connectivity index is 2.16. The van der Waals surface area contributed by atoms with Gasteiger partial charge in [0.25, 0.3) is 0 Å². The quantitative estimate of drug-likeness (QED) is 0.191. The molecule has 0 fully saturated rings. The number of halogens is 1. The number of carbonyl (C=O) groups excluding carboxylic acids is 1. The minimum atomic E-state index is -0.488. The number of anilines is 1. The van der Waals surface area contributed by atoms with Crippen molar-refractivity contribution in [3.8, 4) is 12.1 Å². The first-order valence-electron chi connectivity index (χ1n) is 8.94. The summed E-state index contributed by atoms with van der Waals surface area (Å²) in [6.45, 7) is 0. The number of hydrogen-bond donors (Lipinski definition) is 1. The summed E-state index contributed by atoms with van der Waals surface area (Å²) >= 11 is 6.13. The summed E-state index contributed by atoms with van der Waals surface area (Å²) in [4.78, 5) is 13.1.